The molecule has 1 atom stereocenters. The molecule has 11 nitrogen and oxygen atoms in total. The van der Waals surface area contributed by atoms with Crippen LogP contribution in [0.2, 0.25) is 0 Å². The average molecular weight is 685 g/mol. The normalized spacial score (nSPS) is 12.6. The Bertz CT molecular complexity index is 1810. The number of carbonyl (C=O) groups is 1. The molecule has 4 aromatic rings. The van der Waals surface area contributed by atoms with E-state index in [-0.39, 0.29) is 17.4 Å². The van der Waals surface area contributed by atoms with Gasteiger partial charge in [-0.1, -0.05) is 40.0 Å². The summed E-state index contributed by atoms with van der Waals surface area (Å²) in [5.74, 6) is 0.557. The van der Waals surface area contributed by atoms with Gasteiger partial charge in [0.15, 0.2) is 17.3 Å². The summed E-state index contributed by atoms with van der Waals surface area (Å²) in [5, 5.41) is 20.0. The van der Waals surface area contributed by atoms with Gasteiger partial charge in [0, 0.05) is 24.5 Å². The third kappa shape index (κ3) is 8.67. The molecule has 0 aliphatic rings. The predicted octanol–water partition coefficient (Wildman–Crippen LogP) is 8.91. The summed E-state index contributed by atoms with van der Waals surface area (Å²) in [5.41, 5.74) is 4.10. The zero-order chi connectivity index (χ0) is 36.6. The van der Waals surface area contributed by atoms with Crippen LogP contribution in [0.1, 0.15) is 103 Å². The molecule has 0 bridgehead atoms. The second-order valence-corrected chi connectivity index (χ2v) is 13.6. The van der Waals surface area contributed by atoms with Crippen LogP contribution in [-0.4, -0.2) is 59.0 Å². The Morgan fingerprint density at radius 3 is 2.46 bits per heavy atom. The average Bonchev–Trinajstić information content (AvgIpc) is 3.63. The first-order chi connectivity index (χ1) is 23.9. The minimum atomic E-state index is -0.759. The van der Waals surface area contributed by atoms with Gasteiger partial charge in [0.2, 0.25) is 0 Å². The topological polar surface area (TPSA) is 132 Å². The molecule has 2 heterocycles. The molecular formula is C39H54N7O4-. The molecule has 0 fully saturated rings. The number of ether oxygens (including phenoxy) is 2. The maximum absolute atomic E-state index is 13.7. The summed E-state index contributed by atoms with van der Waals surface area (Å²) < 4.78 is 13.2. The zero-order valence-electron chi connectivity index (χ0n) is 31.3. The van der Waals surface area contributed by atoms with Crippen LogP contribution < -0.4 is 20.1 Å². The van der Waals surface area contributed by atoms with Crippen LogP contribution >= 0.6 is 0 Å². The van der Waals surface area contributed by atoms with Gasteiger partial charge < -0.3 is 24.8 Å². The number of H-pyrrole nitrogens is 1. The fourth-order valence-electron chi connectivity index (χ4n) is 5.96. The Balaban J connectivity index is 1.86. The molecule has 1 unspecified atom stereocenters. The summed E-state index contributed by atoms with van der Waals surface area (Å²) in [6.45, 7) is 21.7. The highest BCUT2D eigenvalue weighted by atomic mass is 16.6. The Morgan fingerprint density at radius 2 is 1.86 bits per heavy atom. The lowest BCUT2D eigenvalue weighted by atomic mass is 9.99. The highest BCUT2D eigenvalue weighted by Gasteiger charge is 2.31. The second kappa shape index (κ2) is 16.7. The number of nitrogens with one attached hydrogen (secondary N) is 2. The fourth-order valence-corrected chi connectivity index (χ4v) is 5.96. The molecule has 4 rings (SSSR count). The van der Waals surface area contributed by atoms with E-state index in [1.54, 1.807) is 29.8 Å². The van der Waals surface area contributed by atoms with E-state index in [1.165, 1.54) is 0 Å². The van der Waals surface area contributed by atoms with Crippen molar-refractivity contribution >= 4 is 52.8 Å². The quantitative estimate of drug-likeness (QED) is 0.0645. The van der Waals surface area contributed by atoms with Gasteiger partial charge in [-0.3, -0.25) is 15.1 Å². The predicted molar refractivity (Wildman–Crippen MR) is 204 cm³/mol. The lowest BCUT2D eigenvalue weighted by Gasteiger charge is -2.24. The smallest absolute Gasteiger partial charge is 0.344 e. The largest absolute Gasteiger partial charge is 0.861 e. The van der Waals surface area contributed by atoms with Crippen molar-refractivity contribution in [3.63, 3.8) is 0 Å². The summed E-state index contributed by atoms with van der Waals surface area (Å²) in [4.78, 5) is 29.8. The van der Waals surface area contributed by atoms with Crippen molar-refractivity contribution in [1.82, 2.24) is 14.6 Å². The third-order valence-electron chi connectivity index (χ3n) is 8.73. The molecule has 0 saturated heterocycles. The summed E-state index contributed by atoms with van der Waals surface area (Å²) >= 11 is 0. The Labute approximate surface area is 296 Å². The van der Waals surface area contributed by atoms with E-state index < -0.39 is 11.6 Å². The fraction of sp³-hybridized carbons (Fsp3) is 0.487. The lowest BCUT2D eigenvalue weighted by molar-refractivity contribution is -0.224. The number of hydrogen-bond acceptors (Lipinski definition) is 9. The number of nitrogens with zero attached hydrogens (tertiary/aromatic N) is 5. The van der Waals surface area contributed by atoms with Gasteiger partial charge in [0.05, 0.1) is 18.4 Å². The van der Waals surface area contributed by atoms with Gasteiger partial charge in [-0.15, -0.1) is 0 Å². The minimum Gasteiger partial charge on any atom is -0.861 e. The molecule has 0 aliphatic heterocycles. The van der Waals surface area contributed by atoms with Crippen molar-refractivity contribution in [2.45, 2.75) is 99.5 Å². The number of unbranched alkanes of at least 4 members (excludes halogenated alkanes) is 2. The van der Waals surface area contributed by atoms with Gasteiger partial charge in [-0.05, 0) is 114 Å². The molecule has 2 N–H and O–H groups in total. The third-order valence-corrected chi connectivity index (χ3v) is 8.73. The Hall–Kier alpha value is -4.80. The molecular weight excluding hydrogens is 630 g/mol. The van der Waals surface area contributed by atoms with E-state index in [4.69, 9.17) is 14.5 Å². The number of aromatic amines is 1. The molecule has 0 saturated carbocycles. The zero-order valence-corrected chi connectivity index (χ0v) is 31.3. The van der Waals surface area contributed by atoms with Gasteiger partial charge in [0.25, 0.3) is 0 Å². The number of aliphatic imine (C=N–C) groups is 2. The van der Waals surface area contributed by atoms with E-state index in [2.05, 4.69) is 64.9 Å². The molecule has 2 aromatic carbocycles. The number of methoxy groups -OCH3 is 1. The van der Waals surface area contributed by atoms with Crippen LogP contribution in [-0.2, 0) is 4.74 Å². The van der Waals surface area contributed by atoms with Crippen molar-refractivity contribution in [2.75, 3.05) is 30.4 Å². The van der Waals surface area contributed by atoms with Crippen molar-refractivity contribution in [3.8, 4) is 17.1 Å². The number of hydrogen-bond donors (Lipinski definition) is 2. The molecule has 2 aromatic heterocycles. The number of carbonyl (C=O) groups excluding carboxylic acids is 1. The molecule has 0 spiro atoms. The monoisotopic (exact) mass is 684 g/mol. The maximum atomic E-state index is 13.7. The molecule has 11 heteroatoms. The van der Waals surface area contributed by atoms with Crippen LogP contribution in [0.4, 0.5) is 28.6 Å². The van der Waals surface area contributed by atoms with E-state index in [0.717, 1.165) is 68.6 Å². The molecule has 270 valence electrons. The minimum absolute atomic E-state index is 0.128. The van der Waals surface area contributed by atoms with Crippen LogP contribution in [0.3, 0.4) is 0 Å². The van der Waals surface area contributed by atoms with Gasteiger partial charge in [-0.2, -0.15) is 0 Å². The summed E-state index contributed by atoms with van der Waals surface area (Å²) in [7, 11) is 1.57. The van der Waals surface area contributed by atoms with Gasteiger partial charge >= 0.3 is 5.97 Å². The number of anilines is 3. The van der Waals surface area contributed by atoms with Crippen molar-refractivity contribution in [3.05, 3.63) is 47.5 Å². The standard InChI is InChI=1S/C39H55N7O4/c1-11-15-17-26(13-3)37(47)41-27-18-21-31(49-10)29(24-27)34-43-35-32(38(48)50-39(6,7)8)33(40-9)36(46(35)44-34)42-30-20-19-28(23-25(30)5)45(14-4)22-16-12-2/h18-21,23-24,26,42H,9,11-17,22H2,1-8,10H3,(H,41,47)(H,43,44)/p-1. The first kappa shape index (κ1) is 38.0. The number of fused-ring (bicyclic) bond motifs is 1. The van der Waals surface area contributed by atoms with Crippen LogP contribution in [0.5, 0.6) is 5.75 Å². The molecule has 50 heavy (non-hydrogen) atoms. The highest BCUT2D eigenvalue weighted by Crippen LogP contribution is 2.41. The SMILES string of the molecule is C=Nc1c(C(=O)OC(C)(C)C)c2nc(-c3cc(N=C([O-])C(CC)CCCC)ccc3OC)[nH]n2c1Nc1ccc(N(CC)CCCC)cc1C. The first-order valence-corrected chi connectivity index (χ1v) is 17.8. The number of aryl methyl sites for hydroxylation is 1. The number of aromatic nitrogens is 3. The van der Waals surface area contributed by atoms with Gasteiger partial charge in [-0.25, -0.2) is 14.3 Å². The van der Waals surface area contributed by atoms with E-state index >= 15 is 0 Å². The van der Waals surface area contributed by atoms with Crippen LogP contribution in [0.25, 0.3) is 17.0 Å². The molecule has 0 radical (unpaired) electrons. The van der Waals surface area contributed by atoms with Crippen LogP contribution in [0, 0.1) is 12.8 Å². The van der Waals surface area contributed by atoms with Gasteiger partial charge in [0.1, 0.15) is 22.6 Å². The molecule has 0 amide bonds. The Morgan fingerprint density at radius 1 is 1.12 bits per heavy atom. The van der Waals surface area contributed by atoms with Crippen molar-refractivity contribution < 1.29 is 19.4 Å². The molecule has 0 aliphatic carbocycles. The summed E-state index contributed by atoms with van der Waals surface area (Å²) in [6.07, 6.45) is 5.79. The number of benzene rings is 2. The van der Waals surface area contributed by atoms with Crippen molar-refractivity contribution in [2.24, 2.45) is 15.9 Å². The van der Waals surface area contributed by atoms with E-state index in [9.17, 15) is 9.90 Å². The van der Waals surface area contributed by atoms with Crippen LogP contribution in [0.15, 0.2) is 46.4 Å². The lowest BCUT2D eigenvalue weighted by Crippen LogP contribution is -2.27. The van der Waals surface area contributed by atoms with E-state index in [0.29, 0.717) is 40.0 Å². The number of rotatable bonds is 17. The highest BCUT2D eigenvalue weighted by molar-refractivity contribution is 6.06. The summed E-state index contributed by atoms with van der Waals surface area (Å²) in [6, 6.07) is 11.6. The second-order valence-electron chi connectivity index (χ2n) is 13.6. The Kier molecular flexibility index (Phi) is 12.7. The van der Waals surface area contributed by atoms with Crippen molar-refractivity contribution in [1.29, 1.82) is 0 Å². The first-order valence-electron chi connectivity index (χ1n) is 17.8. The van der Waals surface area contributed by atoms with E-state index in [1.807, 2.05) is 40.7 Å². The number of esters is 1. The maximum Gasteiger partial charge on any atom is 0.344 e.